The molecule has 0 aliphatic carbocycles. The van der Waals surface area contributed by atoms with Crippen LogP contribution in [0.4, 0.5) is 4.79 Å². The number of benzene rings is 2. The van der Waals surface area contributed by atoms with Gasteiger partial charge in [0.15, 0.2) is 0 Å². The molecule has 0 aromatic heterocycles. The smallest absolute Gasteiger partial charge is 0.414 e. The third-order valence-corrected chi connectivity index (χ3v) is 3.91. The molecule has 0 spiro atoms. The molecule has 0 fully saturated rings. The van der Waals surface area contributed by atoms with Gasteiger partial charge in [-0.15, -0.1) is 0 Å². The number of carbonyl (C=O) groups is 1. The van der Waals surface area contributed by atoms with Gasteiger partial charge in [0, 0.05) is 6.20 Å². The number of ether oxygens (including phenoxy) is 1. The molecule has 22 heavy (non-hydrogen) atoms. The Bertz CT molecular complexity index is 734. The first-order valence-corrected chi connectivity index (χ1v) is 7.39. The molecular weight excluding hydrogens is 274 g/mol. The molecule has 2 aromatic carbocycles. The van der Waals surface area contributed by atoms with Crippen LogP contribution >= 0.6 is 0 Å². The fourth-order valence-corrected chi connectivity index (χ4v) is 2.60. The van der Waals surface area contributed by atoms with Crippen molar-refractivity contribution in [2.75, 3.05) is 0 Å². The maximum atomic E-state index is 12.2. The normalized spacial score (nSPS) is 12.9. The highest BCUT2D eigenvalue weighted by Crippen LogP contribution is 2.20. The molecular formula is C19H19NO2. The van der Waals surface area contributed by atoms with E-state index in [9.17, 15) is 4.79 Å². The van der Waals surface area contributed by atoms with Crippen LogP contribution in [0, 0.1) is 13.8 Å². The Labute approximate surface area is 130 Å². The summed E-state index contributed by atoms with van der Waals surface area (Å²) < 4.78 is 5.44. The lowest BCUT2D eigenvalue weighted by atomic mass is 10.0. The average Bonchev–Trinajstić information content (AvgIpc) is 2.53. The van der Waals surface area contributed by atoms with E-state index in [-0.39, 0.29) is 6.09 Å². The van der Waals surface area contributed by atoms with E-state index < -0.39 is 0 Å². The van der Waals surface area contributed by atoms with Crippen molar-refractivity contribution in [3.8, 4) is 0 Å². The van der Waals surface area contributed by atoms with Gasteiger partial charge in [-0.25, -0.2) is 4.79 Å². The number of aryl methyl sites for hydroxylation is 2. The zero-order valence-electron chi connectivity index (χ0n) is 12.9. The summed E-state index contributed by atoms with van der Waals surface area (Å²) in [6, 6.07) is 14.2. The van der Waals surface area contributed by atoms with Crippen LogP contribution in [0.25, 0.3) is 6.08 Å². The SMILES string of the molecule is Cc1ccc(COC(=O)N2C=Cc3ccccc3C2)c(C)c1. The summed E-state index contributed by atoms with van der Waals surface area (Å²) in [5, 5.41) is 0. The molecule has 0 atom stereocenters. The monoisotopic (exact) mass is 293 g/mol. The van der Waals surface area contributed by atoms with E-state index in [1.54, 1.807) is 11.1 Å². The fourth-order valence-electron chi connectivity index (χ4n) is 2.60. The summed E-state index contributed by atoms with van der Waals surface area (Å²) in [5.74, 6) is 0. The molecule has 0 saturated heterocycles. The predicted molar refractivity (Wildman–Crippen MR) is 87.1 cm³/mol. The second kappa shape index (κ2) is 6.06. The van der Waals surface area contributed by atoms with Crippen LogP contribution in [0.3, 0.4) is 0 Å². The molecule has 1 amide bonds. The van der Waals surface area contributed by atoms with Crippen LogP contribution < -0.4 is 0 Å². The molecule has 112 valence electrons. The van der Waals surface area contributed by atoms with Crippen LogP contribution in [0.5, 0.6) is 0 Å². The minimum atomic E-state index is -0.314. The molecule has 3 rings (SSSR count). The molecule has 1 aliphatic heterocycles. The molecule has 0 radical (unpaired) electrons. The quantitative estimate of drug-likeness (QED) is 0.820. The lowest BCUT2D eigenvalue weighted by molar-refractivity contribution is 0.108. The third-order valence-electron chi connectivity index (χ3n) is 3.91. The highest BCUT2D eigenvalue weighted by Gasteiger charge is 2.17. The molecule has 3 heteroatoms. The first kappa shape index (κ1) is 14.4. The van der Waals surface area contributed by atoms with E-state index in [4.69, 9.17) is 4.74 Å². The number of fused-ring (bicyclic) bond motifs is 1. The molecule has 2 aromatic rings. The first-order valence-electron chi connectivity index (χ1n) is 7.39. The van der Waals surface area contributed by atoms with Crippen LogP contribution in [-0.4, -0.2) is 11.0 Å². The van der Waals surface area contributed by atoms with E-state index in [1.807, 2.05) is 49.4 Å². The van der Waals surface area contributed by atoms with Crippen molar-refractivity contribution < 1.29 is 9.53 Å². The predicted octanol–water partition coefficient (Wildman–Crippen LogP) is 4.43. The number of hydrogen-bond donors (Lipinski definition) is 0. The molecule has 0 saturated carbocycles. The van der Waals surface area contributed by atoms with Crippen LogP contribution in [0.2, 0.25) is 0 Å². The van der Waals surface area contributed by atoms with Gasteiger partial charge in [-0.05, 0) is 42.2 Å². The topological polar surface area (TPSA) is 29.5 Å². The molecule has 1 aliphatic rings. The van der Waals surface area contributed by atoms with Gasteiger partial charge in [0.05, 0.1) is 6.54 Å². The van der Waals surface area contributed by atoms with Crippen molar-refractivity contribution in [1.29, 1.82) is 0 Å². The minimum Gasteiger partial charge on any atom is -0.444 e. The number of carbonyl (C=O) groups excluding carboxylic acids is 1. The van der Waals surface area contributed by atoms with Gasteiger partial charge < -0.3 is 4.74 Å². The minimum absolute atomic E-state index is 0.303. The Morgan fingerprint density at radius 1 is 1.18 bits per heavy atom. The summed E-state index contributed by atoms with van der Waals surface area (Å²) in [5.41, 5.74) is 5.69. The van der Waals surface area contributed by atoms with Crippen molar-refractivity contribution in [3.05, 3.63) is 76.5 Å². The second-order valence-corrected chi connectivity index (χ2v) is 5.63. The Hall–Kier alpha value is -2.55. The van der Waals surface area contributed by atoms with Gasteiger partial charge in [-0.1, -0.05) is 48.0 Å². The van der Waals surface area contributed by atoms with Crippen molar-refractivity contribution >= 4 is 12.2 Å². The van der Waals surface area contributed by atoms with Crippen LogP contribution in [-0.2, 0) is 17.9 Å². The summed E-state index contributed by atoms with van der Waals surface area (Å²) in [4.78, 5) is 13.8. The first-order chi connectivity index (χ1) is 10.6. The Morgan fingerprint density at radius 3 is 2.82 bits per heavy atom. The fraction of sp³-hybridized carbons (Fsp3) is 0.211. The average molecular weight is 293 g/mol. The zero-order chi connectivity index (χ0) is 15.5. The van der Waals surface area contributed by atoms with E-state index in [0.29, 0.717) is 13.2 Å². The van der Waals surface area contributed by atoms with Crippen LogP contribution in [0.15, 0.2) is 48.7 Å². The Kier molecular flexibility index (Phi) is 3.96. The van der Waals surface area contributed by atoms with Crippen molar-refractivity contribution in [1.82, 2.24) is 4.90 Å². The summed E-state index contributed by atoms with van der Waals surface area (Å²) in [6.45, 7) is 4.95. The van der Waals surface area contributed by atoms with Gasteiger partial charge in [0.25, 0.3) is 0 Å². The van der Waals surface area contributed by atoms with Gasteiger partial charge >= 0.3 is 6.09 Å². The molecule has 1 heterocycles. The summed E-state index contributed by atoms with van der Waals surface area (Å²) in [7, 11) is 0. The lowest BCUT2D eigenvalue weighted by Crippen LogP contribution is -2.28. The Morgan fingerprint density at radius 2 is 2.00 bits per heavy atom. The summed E-state index contributed by atoms with van der Waals surface area (Å²) >= 11 is 0. The van der Waals surface area contributed by atoms with Gasteiger partial charge in [-0.2, -0.15) is 0 Å². The molecule has 0 bridgehead atoms. The largest absolute Gasteiger partial charge is 0.444 e. The van der Waals surface area contributed by atoms with Gasteiger partial charge in [0.1, 0.15) is 6.61 Å². The van der Waals surface area contributed by atoms with Gasteiger partial charge in [-0.3, -0.25) is 4.90 Å². The third kappa shape index (κ3) is 3.03. The van der Waals surface area contributed by atoms with Gasteiger partial charge in [0.2, 0.25) is 0 Å². The lowest BCUT2D eigenvalue weighted by Gasteiger charge is -2.23. The van der Waals surface area contributed by atoms with Crippen molar-refractivity contribution in [3.63, 3.8) is 0 Å². The molecule has 0 N–H and O–H groups in total. The van der Waals surface area contributed by atoms with Crippen LogP contribution in [0.1, 0.15) is 27.8 Å². The molecule has 0 unspecified atom stereocenters. The van der Waals surface area contributed by atoms with E-state index >= 15 is 0 Å². The van der Waals surface area contributed by atoms with E-state index in [1.165, 1.54) is 5.56 Å². The standard InChI is InChI=1S/C19H19NO2/c1-14-7-8-18(15(2)11-14)13-22-19(21)20-10-9-16-5-3-4-6-17(16)12-20/h3-11H,12-13H2,1-2H3. The highest BCUT2D eigenvalue weighted by atomic mass is 16.6. The maximum Gasteiger partial charge on any atom is 0.414 e. The second-order valence-electron chi connectivity index (χ2n) is 5.63. The number of rotatable bonds is 2. The highest BCUT2D eigenvalue weighted by molar-refractivity contribution is 5.72. The zero-order valence-corrected chi connectivity index (χ0v) is 12.9. The number of amides is 1. The number of hydrogen-bond acceptors (Lipinski definition) is 2. The van der Waals surface area contributed by atoms with E-state index in [2.05, 4.69) is 13.0 Å². The Balaban J connectivity index is 1.64. The number of nitrogens with zero attached hydrogens (tertiary/aromatic N) is 1. The van der Waals surface area contributed by atoms with Crippen molar-refractivity contribution in [2.45, 2.75) is 27.0 Å². The van der Waals surface area contributed by atoms with Crippen molar-refractivity contribution in [2.24, 2.45) is 0 Å². The van der Waals surface area contributed by atoms with E-state index in [0.717, 1.165) is 22.3 Å². The summed E-state index contributed by atoms with van der Waals surface area (Å²) in [6.07, 6.45) is 3.41. The maximum absolute atomic E-state index is 12.2. The molecule has 3 nitrogen and oxygen atoms in total.